The highest BCUT2D eigenvalue weighted by Crippen LogP contribution is 2.13. The van der Waals surface area contributed by atoms with Crippen LogP contribution in [0.25, 0.3) is 0 Å². The van der Waals surface area contributed by atoms with Gasteiger partial charge in [0.1, 0.15) is 0 Å². The Bertz CT molecular complexity index is 387. The fourth-order valence-electron chi connectivity index (χ4n) is 1.44. The van der Waals surface area contributed by atoms with Crippen LogP contribution < -0.4 is 10.6 Å². The lowest BCUT2D eigenvalue weighted by molar-refractivity contribution is -0.123. The Balaban J connectivity index is 4.40. The van der Waals surface area contributed by atoms with E-state index in [1.165, 1.54) is 6.26 Å². The summed E-state index contributed by atoms with van der Waals surface area (Å²) < 4.78 is 22.3. The Labute approximate surface area is 117 Å². The van der Waals surface area contributed by atoms with Gasteiger partial charge in [0.15, 0.2) is 9.84 Å². The summed E-state index contributed by atoms with van der Waals surface area (Å²) >= 11 is 0. The van der Waals surface area contributed by atoms with Crippen LogP contribution in [0.15, 0.2) is 0 Å². The van der Waals surface area contributed by atoms with Crippen molar-refractivity contribution in [2.75, 3.05) is 12.8 Å². The molecule has 0 spiro atoms. The van der Waals surface area contributed by atoms with Crippen molar-refractivity contribution in [2.24, 2.45) is 0 Å². The largest absolute Gasteiger partial charge is 0.352 e. The summed E-state index contributed by atoms with van der Waals surface area (Å²) in [5.74, 6) is -0.0852. The Morgan fingerprint density at radius 1 is 1.21 bits per heavy atom. The molecule has 6 heteroatoms. The van der Waals surface area contributed by atoms with Gasteiger partial charge in [-0.05, 0) is 33.6 Å². The molecular formula is C13H28N2O3S. The second-order valence-electron chi connectivity index (χ2n) is 5.66. The quantitative estimate of drug-likeness (QED) is 0.702. The average molecular weight is 292 g/mol. The molecule has 19 heavy (non-hydrogen) atoms. The van der Waals surface area contributed by atoms with E-state index in [0.717, 1.165) is 12.8 Å². The lowest BCUT2D eigenvalue weighted by Gasteiger charge is -2.26. The smallest absolute Gasteiger partial charge is 0.237 e. The number of sulfone groups is 1. The first-order valence-electron chi connectivity index (χ1n) is 6.78. The molecule has 5 nitrogen and oxygen atoms in total. The van der Waals surface area contributed by atoms with Crippen LogP contribution in [-0.4, -0.2) is 44.0 Å². The molecule has 114 valence electrons. The molecule has 0 aromatic heterocycles. The molecule has 0 heterocycles. The summed E-state index contributed by atoms with van der Waals surface area (Å²) in [5, 5.41) is 5.93. The fourth-order valence-corrected chi connectivity index (χ4v) is 1.79. The van der Waals surface area contributed by atoms with Crippen molar-refractivity contribution < 1.29 is 13.2 Å². The first-order chi connectivity index (χ1) is 8.55. The van der Waals surface area contributed by atoms with Crippen LogP contribution in [0.3, 0.4) is 0 Å². The van der Waals surface area contributed by atoms with E-state index in [2.05, 4.69) is 10.6 Å². The van der Waals surface area contributed by atoms with Gasteiger partial charge in [-0.25, -0.2) is 8.42 Å². The summed E-state index contributed by atoms with van der Waals surface area (Å²) in [7, 11) is -3.15. The van der Waals surface area contributed by atoms with Gasteiger partial charge in [0.25, 0.3) is 0 Å². The van der Waals surface area contributed by atoms with Crippen LogP contribution in [0, 0.1) is 0 Å². The van der Waals surface area contributed by atoms with Crippen molar-refractivity contribution in [3.63, 3.8) is 0 Å². The monoisotopic (exact) mass is 292 g/mol. The molecule has 1 unspecified atom stereocenters. The maximum absolute atomic E-state index is 11.9. The van der Waals surface area contributed by atoms with E-state index < -0.39 is 20.6 Å². The SMILES string of the molecule is CCC(CC)NC(=O)C(C)NCC(C)(C)S(C)(=O)=O. The second-order valence-corrected chi connectivity index (χ2v) is 8.31. The highest BCUT2D eigenvalue weighted by atomic mass is 32.2. The van der Waals surface area contributed by atoms with Crippen molar-refractivity contribution in [2.45, 2.75) is 64.3 Å². The van der Waals surface area contributed by atoms with Gasteiger partial charge in [-0.1, -0.05) is 13.8 Å². The Morgan fingerprint density at radius 3 is 2.05 bits per heavy atom. The third-order valence-corrected chi connectivity index (χ3v) is 5.71. The zero-order chi connectivity index (χ0) is 15.3. The fraction of sp³-hybridized carbons (Fsp3) is 0.923. The predicted molar refractivity (Wildman–Crippen MR) is 78.9 cm³/mol. The Morgan fingerprint density at radius 2 is 1.68 bits per heavy atom. The summed E-state index contributed by atoms with van der Waals surface area (Å²) in [5.41, 5.74) is 0. The maximum Gasteiger partial charge on any atom is 0.237 e. The van der Waals surface area contributed by atoms with Gasteiger partial charge in [0, 0.05) is 18.8 Å². The predicted octanol–water partition coefficient (Wildman–Crippen LogP) is 1.09. The van der Waals surface area contributed by atoms with Gasteiger partial charge >= 0.3 is 0 Å². The van der Waals surface area contributed by atoms with Crippen LogP contribution in [0.4, 0.5) is 0 Å². The highest BCUT2D eigenvalue weighted by molar-refractivity contribution is 7.92. The van der Waals surface area contributed by atoms with Gasteiger partial charge in [0.05, 0.1) is 10.8 Å². The minimum Gasteiger partial charge on any atom is -0.352 e. The topological polar surface area (TPSA) is 75.3 Å². The van der Waals surface area contributed by atoms with E-state index in [9.17, 15) is 13.2 Å². The molecule has 0 aliphatic heterocycles. The summed E-state index contributed by atoms with van der Waals surface area (Å²) in [6, 6.07) is -0.221. The van der Waals surface area contributed by atoms with Crippen LogP contribution >= 0.6 is 0 Å². The van der Waals surface area contributed by atoms with Crippen molar-refractivity contribution in [3.05, 3.63) is 0 Å². The lowest BCUT2D eigenvalue weighted by atomic mass is 10.1. The van der Waals surface area contributed by atoms with E-state index in [-0.39, 0.29) is 18.5 Å². The summed E-state index contributed by atoms with van der Waals surface area (Å²) in [6.45, 7) is 9.36. The number of carbonyl (C=O) groups excluding carboxylic acids is 1. The molecule has 1 atom stereocenters. The Hall–Kier alpha value is -0.620. The van der Waals surface area contributed by atoms with Crippen LogP contribution in [0.5, 0.6) is 0 Å². The van der Waals surface area contributed by atoms with Crippen LogP contribution in [0.1, 0.15) is 47.5 Å². The van der Waals surface area contributed by atoms with E-state index in [0.29, 0.717) is 0 Å². The molecule has 0 fully saturated rings. The zero-order valence-electron chi connectivity index (χ0n) is 12.9. The normalized spacial score (nSPS) is 14.5. The number of nitrogens with one attached hydrogen (secondary N) is 2. The molecule has 0 saturated carbocycles. The number of amides is 1. The number of hydrogen-bond donors (Lipinski definition) is 2. The summed E-state index contributed by atoms with van der Waals surface area (Å²) in [6.07, 6.45) is 3.00. The number of rotatable bonds is 8. The van der Waals surface area contributed by atoms with Gasteiger partial charge < -0.3 is 10.6 Å². The van der Waals surface area contributed by atoms with Gasteiger partial charge in [-0.3, -0.25) is 4.79 Å². The van der Waals surface area contributed by atoms with Crippen molar-refractivity contribution in [1.29, 1.82) is 0 Å². The average Bonchev–Trinajstić information content (AvgIpc) is 2.31. The van der Waals surface area contributed by atoms with E-state index in [1.54, 1.807) is 20.8 Å². The maximum atomic E-state index is 11.9. The molecule has 1 amide bonds. The van der Waals surface area contributed by atoms with Crippen LogP contribution in [-0.2, 0) is 14.6 Å². The lowest BCUT2D eigenvalue weighted by Crippen LogP contribution is -2.51. The van der Waals surface area contributed by atoms with Crippen molar-refractivity contribution in [3.8, 4) is 0 Å². The standard InChI is InChI=1S/C13H28N2O3S/c1-7-11(8-2)15-12(16)10(3)14-9-13(4,5)19(6,17)18/h10-11,14H,7-9H2,1-6H3,(H,15,16). The molecule has 2 N–H and O–H groups in total. The van der Waals surface area contributed by atoms with Gasteiger partial charge in [0.2, 0.25) is 5.91 Å². The van der Waals surface area contributed by atoms with E-state index in [4.69, 9.17) is 0 Å². The first-order valence-corrected chi connectivity index (χ1v) is 8.67. The minimum absolute atomic E-state index is 0.0852. The highest BCUT2D eigenvalue weighted by Gasteiger charge is 2.31. The Kier molecular flexibility index (Phi) is 7.00. The molecule has 0 bridgehead atoms. The van der Waals surface area contributed by atoms with E-state index in [1.807, 2.05) is 13.8 Å². The molecule has 0 aliphatic rings. The molecule has 0 aromatic rings. The molecule has 0 saturated heterocycles. The van der Waals surface area contributed by atoms with Crippen molar-refractivity contribution >= 4 is 15.7 Å². The molecule has 0 aliphatic carbocycles. The number of hydrogen-bond acceptors (Lipinski definition) is 4. The zero-order valence-corrected chi connectivity index (χ0v) is 13.7. The summed E-state index contributed by atoms with van der Waals surface area (Å²) in [4.78, 5) is 11.9. The third kappa shape index (κ3) is 5.91. The van der Waals surface area contributed by atoms with Gasteiger partial charge in [-0.15, -0.1) is 0 Å². The first kappa shape index (κ1) is 18.4. The second kappa shape index (κ2) is 7.24. The molecule has 0 rings (SSSR count). The molecule has 0 aromatic carbocycles. The molecule has 0 radical (unpaired) electrons. The van der Waals surface area contributed by atoms with Gasteiger partial charge in [-0.2, -0.15) is 0 Å². The minimum atomic E-state index is -3.15. The van der Waals surface area contributed by atoms with Crippen molar-refractivity contribution in [1.82, 2.24) is 10.6 Å². The van der Waals surface area contributed by atoms with Crippen LogP contribution in [0.2, 0.25) is 0 Å². The number of carbonyl (C=O) groups is 1. The van der Waals surface area contributed by atoms with E-state index >= 15 is 0 Å². The third-order valence-electron chi connectivity index (χ3n) is 3.56. The molecular weight excluding hydrogens is 264 g/mol.